The Hall–Kier alpha value is -3.60. The van der Waals surface area contributed by atoms with Gasteiger partial charge in [0.05, 0.1) is 11.0 Å². The zero-order chi connectivity index (χ0) is 24.0. The van der Waals surface area contributed by atoms with Gasteiger partial charge in [-0.25, -0.2) is 0 Å². The number of hydrogen-bond donors (Lipinski definition) is 0. The van der Waals surface area contributed by atoms with E-state index >= 15 is 0 Å². The standard InChI is InChI=1S/C32H17Br2NO/c33-25-16-27-31(22-10-3-1-7-19(22)25)32-23-11-4-2-8-20(23)26(34)17-28(32)35(27)18-13-14-30-24(15-18)21-9-5-6-12-29(21)36-30/h1-17H. The number of aromatic nitrogens is 1. The highest BCUT2D eigenvalue weighted by atomic mass is 79.9. The van der Waals surface area contributed by atoms with Gasteiger partial charge in [0.25, 0.3) is 0 Å². The lowest BCUT2D eigenvalue weighted by Crippen LogP contribution is -1.94. The van der Waals surface area contributed by atoms with E-state index in [-0.39, 0.29) is 0 Å². The van der Waals surface area contributed by atoms with E-state index in [1.165, 1.54) is 43.4 Å². The van der Waals surface area contributed by atoms with E-state index in [9.17, 15) is 0 Å². The van der Waals surface area contributed by atoms with E-state index in [1.54, 1.807) is 0 Å². The number of fused-ring (bicyclic) bond motifs is 10. The van der Waals surface area contributed by atoms with Crippen LogP contribution in [0.4, 0.5) is 0 Å². The largest absolute Gasteiger partial charge is 0.456 e. The molecule has 0 saturated carbocycles. The van der Waals surface area contributed by atoms with E-state index in [2.05, 4.69) is 127 Å². The Bertz CT molecular complexity index is 2090. The lowest BCUT2D eigenvalue weighted by atomic mass is 10.00. The van der Waals surface area contributed by atoms with Gasteiger partial charge < -0.3 is 8.98 Å². The molecule has 0 aliphatic carbocycles. The van der Waals surface area contributed by atoms with Crippen molar-refractivity contribution in [3.63, 3.8) is 0 Å². The maximum atomic E-state index is 6.13. The third-order valence-corrected chi connectivity index (χ3v) is 8.61. The molecule has 0 saturated heterocycles. The van der Waals surface area contributed by atoms with Gasteiger partial charge in [-0.05, 0) is 57.9 Å². The smallest absolute Gasteiger partial charge is 0.135 e. The summed E-state index contributed by atoms with van der Waals surface area (Å²) in [4.78, 5) is 0. The first-order valence-electron chi connectivity index (χ1n) is 11.8. The quantitative estimate of drug-likeness (QED) is 0.186. The molecule has 0 radical (unpaired) electrons. The first kappa shape index (κ1) is 20.6. The summed E-state index contributed by atoms with van der Waals surface area (Å²) in [5.41, 5.74) is 5.27. The van der Waals surface area contributed by atoms with Crippen molar-refractivity contribution < 1.29 is 4.42 Å². The van der Waals surface area contributed by atoms with Crippen molar-refractivity contribution in [2.24, 2.45) is 0 Å². The van der Waals surface area contributed by atoms with Crippen molar-refractivity contribution in [3.8, 4) is 5.69 Å². The Kier molecular flexibility index (Phi) is 4.26. The molecule has 8 rings (SSSR count). The van der Waals surface area contributed by atoms with Gasteiger partial charge >= 0.3 is 0 Å². The Morgan fingerprint density at radius 2 is 0.972 bits per heavy atom. The lowest BCUT2D eigenvalue weighted by Gasteiger charge is -2.10. The Morgan fingerprint density at radius 1 is 0.472 bits per heavy atom. The minimum atomic E-state index is 0.902. The monoisotopic (exact) mass is 589 g/mol. The molecule has 0 aliphatic heterocycles. The summed E-state index contributed by atoms with van der Waals surface area (Å²) in [7, 11) is 0. The number of para-hydroxylation sites is 1. The van der Waals surface area contributed by atoms with Crippen molar-refractivity contribution in [2.75, 3.05) is 0 Å². The third kappa shape index (κ3) is 2.71. The van der Waals surface area contributed by atoms with Crippen LogP contribution >= 0.6 is 31.9 Å². The summed E-state index contributed by atoms with van der Waals surface area (Å²) < 4.78 is 10.7. The average molecular weight is 591 g/mol. The number of hydrogen-bond acceptors (Lipinski definition) is 1. The molecule has 170 valence electrons. The molecule has 36 heavy (non-hydrogen) atoms. The van der Waals surface area contributed by atoms with Crippen LogP contribution in [0, 0.1) is 0 Å². The van der Waals surface area contributed by atoms with Gasteiger partial charge in [-0.3, -0.25) is 0 Å². The molecular formula is C32H17Br2NO. The van der Waals surface area contributed by atoms with Crippen LogP contribution in [0.3, 0.4) is 0 Å². The number of furan rings is 1. The fourth-order valence-electron chi connectivity index (χ4n) is 5.77. The second-order valence-corrected chi connectivity index (χ2v) is 10.9. The maximum absolute atomic E-state index is 6.13. The van der Waals surface area contributed by atoms with E-state index in [0.29, 0.717) is 0 Å². The highest BCUT2D eigenvalue weighted by Crippen LogP contribution is 2.44. The first-order valence-corrected chi connectivity index (χ1v) is 13.4. The zero-order valence-corrected chi connectivity index (χ0v) is 22.1. The van der Waals surface area contributed by atoms with Crippen LogP contribution in [0.5, 0.6) is 0 Å². The predicted octanol–water partition coefficient (Wildman–Crippen LogP) is 10.5. The van der Waals surface area contributed by atoms with Gasteiger partial charge in [0.15, 0.2) is 0 Å². The Labute approximate surface area is 223 Å². The van der Waals surface area contributed by atoms with Gasteiger partial charge in [-0.15, -0.1) is 0 Å². The summed E-state index contributed by atoms with van der Waals surface area (Å²) in [6.07, 6.45) is 0. The minimum Gasteiger partial charge on any atom is -0.456 e. The normalized spacial score (nSPS) is 12.2. The van der Waals surface area contributed by atoms with Crippen LogP contribution in [0.25, 0.3) is 71.0 Å². The lowest BCUT2D eigenvalue weighted by molar-refractivity contribution is 0.669. The first-order chi connectivity index (χ1) is 17.7. The molecule has 4 heteroatoms. The van der Waals surface area contributed by atoms with Gasteiger partial charge in [-0.2, -0.15) is 0 Å². The third-order valence-electron chi connectivity index (χ3n) is 7.30. The molecule has 8 aromatic rings. The molecule has 0 spiro atoms. The van der Waals surface area contributed by atoms with Gasteiger partial charge in [-0.1, -0.05) is 98.6 Å². The molecule has 0 atom stereocenters. The summed E-state index contributed by atoms with van der Waals surface area (Å²) in [6, 6.07) is 36.6. The van der Waals surface area contributed by atoms with Crippen LogP contribution in [-0.4, -0.2) is 4.57 Å². The van der Waals surface area contributed by atoms with Crippen LogP contribution in [0.2, 0.25) is 0 Å². The molecule has 0 aliphatic rings. The highest BCUT2D eigenvalue weighted by Gasteiger charge is 2.20. The van der Waals surface area contributed by atoms with Gasteiger partial charge in [0.2, 0.25) is 0 Å². The SMILES string of the molecule is Brc1cc2c(c3ccccc13)c1c3ccccc3c(Br)cc1n2-c1ccc2oc3ccccc3c2c1. The Morgan fingerprint density at radius 3 is 1.58 bits per heavy atom. The minimum absolute atomic E-state index is 0.902. The van der Waals surface area contributed by atoms with Crippen molar-refractivity contribution in [1.82, 2.24) is 4.57 Å². The van der Waals surface area contributed by atoms with Crippen LogP contribution in [0.1, 0.15) is 0 Å². The molecule has 0 amide bonds. The molecule has 2 heterocycles. The molecule has 0 bridgehead atoms. The summed E-state index contributed by atoms with van der Waals surface area (Å²) in [6.45, 7) is 0. The summed E-state index contributed by atoms with van der Waals surface area (Å²) in [5, 5.41) is 9.71. The topological polar surface area (TPSA) is 18.1 Å². The number of rotatable bonds is 1. The second-order valence-electron chi connectivity index (χ2n) is 9.21. The van der Waals surface area contributed by atoms with Crippen molar-refractivity contribution >= 4 is 97.1 Å². The molecule has 2 aromatic heterocycles. The van der Waals surface area contributed by atoms with Crippen molar-refractivity contribution in [1.29, 1.82) is 0 Å². The van der Waals surface area contributed by atoms with Crippen molar-refractivity contribution in [2.45, 2.75) is 0 Å². The zero-order valence-electron chi connectivity index (χ0n) is 18.9. The van der Waals surface area contributed by atoms with Crippen LogP contribution < -0.4 is 0 Å². The highest BCUT2D eigenvalue weighted by molar-refractivity contribution is 9.11. The molecule has 0 unspecified atom stereocenters. The summed E-state index contributed by atoms with van der Waals surface area (Å²) in [5.74, 6) is 0. The molecular weight excluding hydrogens is 574 g/mol. The predicted molar refractivity (Wildman–Crippen MR) is 158 cm³/mol. The van der Waals surface area contributed by atoms with E-state index < -0.39 is 0 Å². The summed E-state index contributed by atoms with van der Waals surface area (Å²) >= 11 is 7.75. The van der Waals surface area contributed by atoms with Crippen molar-refractivity contribution in [3.05, 3.63) is 112 Å². The van der Waals surface area contributed by atoms with E-state index in [1.807, 2.05) is 12.1 Å². The van der Waals surface area contributed by atoms with E-state index in [4.69, 9.17) is 4.42 Å². The maximum Gasteiger partial charge on any atom is 0.135 e. The van der Waals surface area contributed by atoms with Gasteiger partial charge in [0.1, 0.15) is 11.2 Å². The second kappa shape index (κ2) is 7.45. The molecule has 0 fully saturated rings. The van der Waals surface area contributed by atoms with Crippen LogP contribution in [-0.2, 0) is 0 Å². The van der Waals surface area contributed by atoms with Gasteiger partial charge in [0, 0.05) is 36.2 Å². The fourth-order valence-corrected chi connectivity index (χ4v) is 6.90. The Balaban J connectivity index is 1.62. The average Bonchev–Trinajstić information content (AvgIpc) is 3.44. The molecule has 2 nitrogen and oxygen atoms in total. The fraction of sp³-hybridized carbons (Fsp3) is 0. The van der Waals surface area contributed by atoms with E-state index in [0.717, 1.165) is 36.6 Å². The number of halogens is 2. The number of benzene rings is 6. The van der Waals surface area contributed by atoms with Crippen LogP contribution in [0.15, 0.2) is 116 Å². The molecule has 6 aromatic carbocycles. The number of nitrogens with zero attached hydrogens (tertiary/aromatic N) is 1. The molecule has 0 N–H and O–H groups in total.